The number of nitrogens with zero attached hydrogens (tertiary/aromatic N) is 2. The molecule has 4 fully saturated rings. The number of carbonyl (C=O) groups is 2. The quantitative estimate of drug-likeness (QED) is 0.114. The number of hydrogen-bond acceptors (Lipinski definition) is 7. The normalized spacial score (nSPS) is 31.2. The highest BCUT2D eigenvalue weighted by Crippen LogP contribution is 2.62. The van der Waals surface area contributed by atoms with Gasteiger partial charge in [0.1, 0.15) is 11.5 Å². The van der Waals surface area contributed by atoms with Gasteiger partial charge in [-0.15, -0.1) is 46.4 Å². The van der Waals surface area contributed by atoms with Crippen LogP contribution >= 0.6 is 54.2 Å². The zero-order valence-corrected chi connectivity index (χ0v) is 40.3. The van der Waals surface area contributed by atoms with Gasteiger partial charge in [0.25, 0.3) is 0 Å². The third-order valence-electron chi connectivity index (χ3n) is 15.6. The molecule has 17 heteroatoms. The number of fused-ring (bicyclic) bond motifs is 10. The maximum atomic E-state index is 12.4. The lowest BCUT2D eigenvalue weighted by atomic mass is 9.55. The molecule has 0 bridgehead atoms. The van der Waals surface area contributed by atoms with Crippen LogP contribution in [0.25, 0.3) is 0 Å². The summed E-state index contributed by atoms with van der Waals surface area (Å²) in [6, 6.07) is 12.3. The number of amides is 2. The van der Waals surface area contributed by atoms with Crippen molar-refractivity contribution in [1.29, 1.82) is 0 Å². The fourth-order valence-corrected chi connectivity index (χ4v) is 13.3. The first-order valence-corrected chi connectivity index (χ1v) is 26.2. The minimum atomic E-state index is -4.64. The molecule has 2 aromatic carbocycles. The Morgan fingerprint density at radius 3 is 1.30 bits per heavy atom. The van der Waals surface area contributed by atoms with Crippen molar-refractivity contribution in [2.24, 2.45) is 34.5 Å². The molecule has 2 amide bonds. The number of hydrogen-bond donors (Lipinski definition) is 5. The van der Waals surface area contributed by atoms with E-state index in [0.717, 1.165) is 77.0 Å². The van der Waals surface area contributed by atoms with Crippen molar-refractivity contribution in [2.75, 3.05) is 49.7 Å². The molecule has 0 spiro atoms. The van der Waals surface area contributed by atoms with E-state index in [9.17, 15) is 19.8 Å². The fourth-order valence-electron chi connectivity index (χ4n) is 12.5. The van der Waals surface area contributed by atoms with E-state index in [0.29, 0.717) is 96.7 Å². The Bertz CT molecular complexity index is 1800. The van der Waals surface area contributed by atoms with E-state index in [2.05, 4.69) is 26.0 Å². The van der Waals surface area contributed by atoms with Crippen LogP contribution in [0.15, 0.2) is 36.4 Å². The summed E-state index contributed by atoms with van der Waals surface area (Å²) in [7, 11) is -4.64. The zero-order valence-electron chi connectivity index (χ0n) is 36.4. The summed E-state index contributed by atoms with van der Waals surface area (Å²) in [6.07, 6.45) is 12.0. The highest BCUT2D eigenvalue weighted by atomic mass is 35.5. The van der Waals surface area contributed by atoms with Crippen LogP contribution in [-0.4, -0.2) is 109 Å². The highest BCUT2D eigenvalue weighted by molar-refractivity contribution is 7.45. The molecule has 10 atom stereocenters. The molecule has 6 aliphatic rings. The van der Waals surface area contributed by atoms with E-state index in [1.165, 1.54) is 22.3 Å². The van der Waals surface area contributed by atoms with Gasteiger partial charge < -0.3 is 44.2 Å². The van der Waals surface area contributed by atoms with Gasteiger partial charge in [0.05, 0.1) is 12.2 Å². The predicted molar refractivity (Wildman–Crippen MR) is 246 cm³/mol. The lowest BCUT2D eigenvalue weighted by Crippen LogP contribution is -2.43. The Balaban J connectivity index is 0.000000190. The number of aryl methyl sites for hydroxylation is 2. The van der Waals surface area contributed by atoms with Crippen LogP contribution in [0, 0.1) is 34.5 Å². The highest BCUT2D eigenvalue weighted by Gasteiger charge is 2.55. The second-order valence-corrected chi connectivity index (χ2v) is 21.3. The molecule has 63 heavy (non-hydrogen) atoms. The van der Waals surface area contributed by atoms with Gasteiger partial charge in [-0.05, 0) is 170 Å². The average molecular weight is 979 g/mol. The summed E-state index contributed by atoms with van der Waals surface area (Å²) in [6.45, 7) is 6.30. The standard InChI is InChI=1S/2C23H31Cl2NO3.H3O4P/c2*1-23-9-8-18-17-5-3-16(29-22(28)26(12-10-24)13-11-25)14-15(17)2-4-19(18)20(23)6-7-21(23)27;1-5(2,3)4/h2*3,5,14,18-21,27H,2,4,6-13H2,1H3;(H3,1,2,3,4)/t2*18-,19-,20+,21+,23+;/m11./s1. The summed E-state index contributed by atoms with van der Waals surface area (Å²) in [5, 5.41) is 21.1. The Morgan fingerprint density at radius 1 is 0.619 bits per heavy atom. The molecule has 0 unspecified atom stereocenters. The molecule has 0 aromatic heterocycles. The second-order valence-electron chi connectivity index (χ2n) is 18.8. The summed E-state index contributed by atoms with van der Waals surface area (Å²) < 4.78 is 20.1. The van der Waals surface area contributed by atoms with Crippen molar-refractivity contribution in [3.05, 3.63) is 58.7 Å². The van der Waals surface area contributed by atoms with Crippen LogP contribution in [0.4, 0.5) is 9.59 Å². The summed E-state index contributed by atoms with van der Waals surface area (Å²) >= 11 is 23.2. The number of halogens is 4. The van der Waals surface area contributed by atoms with Gasteiger partial charge >= 0.3 is 20.0 Å². The molecular formula is C46H65Cl4N2O10P. The first kappa shape index (κ1) is 50.6. The summed E-state index contributed by atoms with van der Waals surface area (Å²) in [4.78, 5) is 49.5. The van der Waals surface area contributed by atoms with Crippen LogP contribution in [-0.2, 0) is 17.4 Å². The molecule has 4 saturated carbocycles. The van der Waals surface area contributed by atoms with E-state index in [4.69, 9.17) is 75.1 Å². The van der Waals surface area contributed by atoms with Crippen LogP contribution in [0.5, 0.6) is 11.5 Å². The average Bonchev–Trinajstić information content (AvgIpc) is 3.72. The molecule has 12 nitrogen and oxygen atoms in total. The Kier molecular flexibility index (Phi) is 17.5. The topological polar surface area (TPSA) is 177 Å². The van der Waals surface area contributed by atoms with E-state index >= 15 is 0 Å². The van der Waals surface area contributed by atoms with Gasteiger partial charge in [-0.2, -0.15) is 0 Å². The lowest BCUT2D eigenvalue weighted by molar-refractivity contribution is -0.0226. The molecule has 0 saturated heterocycles. The molecule has 0 aliphatic heterocycles. The molecule has 5 N–H and O–H groups in total. The predicted octanol–water partition coefficient (Wildman–Crippen LogP) is 9.44. The molecular weight excluding hydrogens is 913 g/mol. The van der Waals surface area contributed by atoms with Crippen LogP contribution < -0.4 is 9.47 Å². The monoisotopic (exact) mass is 976 g/mol. The third kappa shape index (κ3) is 11.7. The zero-order chi connectivity index (χ0) is 45.7. The molecule has 6 aliphatic carbocycles. The van der Waals surface area contributed by atoms with Gasteiger partial charge in [0.15, 0.2) is 0 Å². The maximum Gasteiger partial charge on any atom is 0.466 e. The van der Waals surface area contributed by atoms with Crippen molar-refractivity contribution in [1.82, 2.24) is 9.80 Å². The molecule has 8 rings (SSSR count). The molecule has 0 heterocycles. The fraction of sp³-hybridized carbons (Fsp3) is 0.696. The maximum absolute atomic E-state index is 12.4. The van der Waals surface area contributed by atoms with E-state index in [-0.39, 0.29) is 23.0 Å². The Morgan fingerprint density at radius 2 is 0.968 bits per heavy atom. The first-order valence-electron chi connectivity index (χ1n) is 22.5. The van der Waals surface area contributed by atoms with Crippen molar-refractivity contribution in [3.63, 3.8) is 0 Å². The molecule has 2 aromatic rings. The number of phosphoric acid groups is 1. The van der Waals surface area contributed by atoms with Crippen LogP contribution in [0.1, 0.15) is 112 Å². The van der Waals surface area contributed by atoms with Crippen molar-refractivity contribution >= 4 is 66.4 Å². The van der Waals surface area contributed by atoms with Gasteiger partial charge in [0.2, 0.25) is 0 Å². The smallest absolute Gasteiger partial charge is 0.410 e. The van der Waals surface area contributed by atoms with E-state index < -0.39 is 20.0 Å². The lowest BCUT2D eigenvalue weighted by Gasteiger charge is -2.50. The number of benzene rings is 2. The minimum absolute atomic E-state index is 0.0996. The van der Waals surface area contributed by atoms with Gasteiger partial charge in [-0.25, -0.2) is 14.2 Å². The van der Waals surface area contributed by atoms with Gasteiger partial charge in [0, 0.05) is 49.7 Å². The number of alkyl halides is 4. The SMILES string of the molecule is C[C@]12CC[C@@H]3c4ccc(OC(=O)N(CCCl)CCCl)cc4CC[C@H]3[C@@H]1CC[C@@H]2O.C[C@]12CC[C@@H]3c4ccc(OC(=O)N(CCCl)CCCl)cc4CC[C@H]3[C@@H]1CC[C@@H]2O.O=P(O)(O)O. The Hall–Kier alpha value is -1.83. The number of aliphatic hydroxyl groups is 2. The number of rotatable bonds is 10. The Labute approximate surface area is 392 Å². The summed E-state index contributed by atoms with van der Waals surface area (Å²) in [5.74, 6) is 6.32. The number of carbonyl (C=O) groups excluding carboxylic acids is 2. The number of ether oxygens (including phenoxy) is 2. The molecule has 0 radical (unpaired) electrons. The second kappa shape index (κ2) is 21.9. The van der Waals surface area contributed by atoms with Gasteiger partial charge in [-0.1, -0.05) is 26.0 Å². The van der Waals surface area contributed by atoms with Crippen LogP contribution in [0.3, 0.4) is 0 Å². The minimum Gasteiger partial charge on any atom is -0.410 e. The van der Waals surface area contributed by atoms with E-state index in [1.807, 2.05) is 24.3 Å². The van der Waals surface area contributed by atoms with Gasteiger partial charge in [-0.3, -0.25) is 0 Å². The van der Waals surface area contributed by atoms with Crippen molar-refractivity contribution < 1.29 is 48.5 Å². The molecule has 352 valence electrons. The van der Waals surface area contributed by atoms with E-state index in [1.54, 1.807) is 9.80 Å². The third-order valence-corrected chi connectivity index (χ3v) is 16.3. The first-order chi connectivity index (χ1) is 29.9. The number of aliphatic hydroxyl groups excluding tert-OH is 2. The van der Waals surface area contributed by atoms with Crippen molar-refractivity contribution in [3.8, 4) is 11.5 Å². The summed E-state index contributed by atoms with van der Waals surface area (Å²) in [5.41, 5.74) is 5.65. The van der Waals surface area contributed by atoms with Crippen LogP contribution in [0.2, 0.25) is 0 Å². The largest absolute Gasteiger partial charge is 0.466 e. The van der Waals surface area contributed by atoms with Crippen molar-refractivity contribution in [2.45, 2.75) is 115 Å².